The van der Waals surface area contributed by atoms with Crippen molar-refractivity contribution in [2.24, 2.45) is 0 Å². The zero-order chi connectivity index (χ0) is 12.6. The summed E-state index contributed by atoms with van der Waals surface area (Å²) in [6.45, 7) is 4.25. The van der Waals surface area contributed by atoms with Crippen molar-refractivity contribution in [3.63, 3.8) is 0 Å². The van der Waals surface area contributed by atoms with Crippen LogP contribution in [0.25, 0.3) is 0 Å². The minimum Gasteiger partial charge on any atom is -0.396 e. The van der Waals surface area contributed by atoms with E-state index in [4.69, 9.17) is 5.11 Å². The number of aliphatic hydroxyl groups excluding tert-OH is 1. The summed E-state index contributed by atoms with van der Waals surface area (Å²) in [6, 6.07) is 0.0977. The van der Waals surface area contributed by atoms with E-state index >= 15 is 0 Å². The molecule has 0 aliphatic rings. The number of carbonyl (C=O) groups is 1. The molecule has 0 spiro atoms. The van der Waals surface area contributed by atoms with Gasteiger partial charge < -0.3 is 10.4 Å². The van der Waals surface area contributed by atoms with Gasteiger partial charge in [0, 0.05) is 12.6 Å². The van der Waals surface area contributed by atoms with Crippen LogP contribution in [0.15, 0.2) is 0 Å². The summed E-state index contributed by atoms with van der Waals surface area (Å²) < 4.78 is 0. The molecule has 4 nitrogen and oxygen atoms in total. The van der Waals surface area contributed by atoms with Gasteiger partial charge in [0.1, 0.15) is 0 Å². The average Bonchev–Trinajstić information content (AvgIpc) is 2.22. The van der Waals surface area contributed by atoms with Crippen molar-refractivity contribution in [2.45, 2.75) is 51.6 Å². The minimum atomic E-state index is -0.0402. The normalized spacial score (nSPS) is 14.9. The maximum absolute atomic E-state index is 11.9. The number of likely N-dealkylation sites (N-methyl/N-ethyl adjacent to an activating group) is 1. The van der Waals surface area contributed by atoms with E-state index < -0.39 is 0 Å². The van der Waals surface area contributed by atoms with Crippen molar-refractivity contribution in [1.29, 1.82) is 0 Å². The number of rotatable bonds is 8. The van der Waals surface area contributed by atoms with Crippen LogP contribution in [0.3, 0.4) is 0 Å². The highest BCUT2D eigenvalue weighted by Gasteiger charge is 2.20. The molecule has 16 heavy (non-hydrogen) atoms. The van der Waals surface area contributed by atoms with Gasteiger partial charge in [-0.1, -0.05) is 13.3 Å². The molecule has 0 saturated carbocycles. The largest absolute Gasteiger partial charge is 0.396 e. The van der Waals surface area contributed by atoms with Crippen LogP contribution in [0, 0.1) is 0 Å². The van der Waals surface area contributed by atoms with Gasteiger partial charge in [0.25, 0.3) is 0 Å². The lowest BCUT2D eigenvalue weighted by molar-refractivity contribution is -0.126. The second-order valence-electron chi connectivity index (χ2n) is 4.54. The van der Waals surface area contributed by atoms with Crippen molar-refractivity contribution in [1.82, 2.24) is 10.2 Å². The highest BCUT2D eigenvalue weighted by atomic mass is 16.3. The van der Waals surface area contributed by atoms with Gasteiger partial charge in [0.2, 0.25) is 5.91 Å². The summed E-state index contributed by atoms with van der Waals surface area (Å²) in [5, 5.41) is 11.7. The zero-order valence-corrected chi connectivity index (χ0v) is 11.0. The molecule has 0 saturated heterocycles. The van der Waals surface area contributed by atoms with E-state index in [1.165, 1.54) is 0 Å². The number of aliphatic hydroxyl groups is 1. The first-order valence-electron chi connectivity index (χ1n) is 6.10. The number of nitrogens with zero attached hydrogens (tertiary/aromatic N) is 1. The van der Waals surface area contributed by atoms with Gasteiger partial charge in [0.15, 0.2) is 0 Å². The monoisotopic (exact) mass is 230 g/mol. The quantitative estimate of drug-likeness (QED) is 0.654. The molecule has 0 aliphatic heterocycles. The molecule has 0 heterocycles. The van der Waals surface area contributed by atoms with Gasteiger partial charge >= 0.3 is 0 Å². The highest BCUT2D eigenvalue weighted by Crippen LogP contribution is 2.05. The molecular weight excluding hydrogens is 204 g/mol. The first kappa shape index (κ1) is 15.4. The number of carbonyl (C=O) groups excluding carboxylic acids is 1. The summed E-state index contributed by atoms with van der Waals surface area (Å²) in [6.07, 6.45) is 3.45. The molecule has 0 aromatic carbocycles. The summed E-state index contributed by atoms with van der Waals surface area (Å²) in [5.74, 6) is 0.0947. The SMILES string of the molecule is CCCC(C(=O)NC(C)CCCO)N(C)C. The topological polar surface area (TPSA) is 52.6 Å². The van der Waals surface area contributed by atoms with E-state index in [-0.39, 0.29) is 24.6 Å². The number of hydrogen-bond acceptors (Lipinski definition) is 3. The zero-order valence-electron chi connectivity index (χ0n) is 11.0. The minimum absolute atomic E-state index is 0.0402. The predicted octanol–water partition coefficient (Wildman–Crippen LogP) is 0.994. The molecule has 4 heteroatoms. The Morgan fingerprint density at radius 1 is 1.38 bits per heavy atom. The smallest absolute Gasteiger partial charge is 0.237 e. The van der Waals surface area contributed by atoms with Gasteiger partial charge in [-0.25, -0.2) is 0 Å². The number of nitrogens with one attached hydrogen (secondary N) is 1. The van der Waals surface area contributed by atoms with Crippen LogP contribution in [0.1, 0.15) is 39.5 Å². The first-order chi connectivity index (χ1) is 7.52. The standard InChI is InChI=1S/C12H26N2O2/c1-5-7-11(14(3)4)12(16)13-10(2)8-6-9-15/h10-11,15H,5-9H2,1-4H3,(H,13,16). The molecule has 0 aromatic rings. The van der Waals surface area contributed by atoms with Crippen LogP contribution >= 0.6 is 0 Å². The van der Waals surface area contributed by atoms with Crippen molar-refractivity contribution >= 4 is 5.91 Å². The Labute approximate surface area is 99.0 Å². The van der Waals surface area contributed by atoms with Crippen LogP contribution in [0.4, 0.5) is 0 Å². The highest BCUT2D eigenvalue weighted by molar-refractivity contribution is 5.81. The summed E-state index contributed by atoms with van der Waals surface area (Å²) >= 11 is 0. The molecule has 2 N–H and O–H groups in total. The Balaban J connectivity index is 4.08. The van der Waals surface area contributed by atoms with Gasteiger partial charge in [-0.15, -0.1) is 0 Å². The lowest BCUT2D eigenvalue weighted by atomic mass is 10.1. The van der Waals surface area contributed by atoms with E-state index in [0.717, 1.165) is 25.7 Å². The van der Waals surface area contributed by atoms with Crippen LogP contribution in [-0.4, -0.2) is 48.7 Å². The number of amides is 1. The Morgan fingerprint density at radius 2 is 2.00 bits per heavy atom. The summed E-state index contributed by atoms with van der Waals surface area (Å²) in [7, 11) is 3.86. The van der Waals surface area contributed by atoms with E-state index in [1.54, 1.807) is 0 Å². The van der Waals surface area contributed by atoms with E-state index in [2.05, 4.69) is 12.2 Å². The van der Waals surface area contributed by atoms with Crippen LogP contribution in [0.2, 0.25) is 0 Å². The molecule has 96 valence electrons. The number of hydrogen-bond donors (Lipinski definition) is 2. The third-order valence-electron chi connectivity index (χ3n) is 2.67. The van der Waals surface area contributed by atoms with Gasteiger partial charge in [-0.05, 0) is 40.3 Å². The van der Waals surface area contributed by atoms with E-state index in [9.17, 15) is 4.79 Å². The average molecular weight is 230 g/mol. The molecule has 0 aliphatic carbocycles. The molecule has 0 bridgehead atoms. The van der Waals surface area contributed by atoms with Crippen LogP contribution in [-0.2, 0) is 4.79 Å². The van der Waals surface area contributed by atoms with Crippen molar-refractivity contribution in [3.05, 3.63) is 0 Å². The molecular formula is C12H26N2O2. The lowest BCUT2D eigenvalue weighted by Gasteiger charge is -2.25. The molecule has 0 radical (unpaired) electrons. The fourth-order valence-corrected chi connectivity index (χ4v) is 1.71. The fraction of sp³-hybridized carbons (Fsp3) is 0.917. The van der Waals surface area contributed by atoms with E-state index in [0.29, 0.717) is 0 Å². The molecule has 0 fully saturated rings. The Hall–Kier alpha value is -0.610. The molecule has 0 aromatic heterocycles. The molecule has 0 rings (SSSR count). The Morgan fingerprint density at radius 3 is 2.44 bits per heavy atom. The fourth-order valence-electron chi connectivity index (χ4n) is 1.71. The second-order valence-corrected chi connectivity index (χ2v) is 4.54. The van der Waals surface area contributed by atoms with Crippen molar-refractivity contribution < 1.29 is 9.90 Å². The third kappa shape index (κ3) is 6.08. The summed E-state index contributed by atoms with van der Waals surface area (Å²) in [4.78, 5) is 13.9. The first-order valence-corrected chi connectivity index (χ1v) is 6.10. The second kappa shape index (κ2) is 8.53. The van der Waals surface area contributed by atoms with Gasteiger partial charge in [0.05, 0.1) is 6.04 Å². The third-order valence-corrected chi connectivity index (χ3v) is 2.67. The van der Waals surface area contributed by atoms with Crippen molar-refractivity contribution in [2.75, 3.05) is 20.7 Å². The predicted molar refractivity (Wildman–Crippen MR) is 66.3 cm³/mol. The van der Waals surface area contributed by atoms with Crippen LogP contribution < -0.4 is 5.32 Å². The van der Waals surface area contributed by atoms with Crippen LogP contribution in [0.5, 0.6) is 0 Å². The van der Waals surface area contributed by atoms with Crippen molar-refractivity contribution in [3.8, 4) is 0 Å². The Kier molecular flexibility index (Phi) is 8.21. The lowest BCUT2D eigenvalue weighted by Crippen LogP contribution is -2.46. The Bertz CT molecular complexity index is 195. The van der Waals surface area contributed by atoms with Gasteiger partial charge in [-0.2, -0.15) is 0 Å². The molecule has 2 unspecified atom stereocenters. The maximum Gasteiger partial charge on any atom is 0.237 e. The molecule has 1 amide bonds. The maximum atomic E-state index is 11.9. The van der Waals surface area contributed by atoms with E-state index in [1.807, 2.05) is 25.9 Å². The van der Waals surface area contributed by atoms with Gasteiger partial charge in [-0.3, -0.25) is 9.69 Å². The summed E-state index contributed by atoms with van der Waals surface area (Å²) in [5.41, 5.74) is 0. The molecule has 2 atom stereocenters.